The molecule has 3 nitrogen and oxygen atoms in total. The van der Waals surface area contributed by atoms with Crippen molar-refractivity contribution >= 4 is 0 Å². The van der Waals surface area contributed by atoms with Crippen LogP contribution in [0, 0.1) is 7.05 Å². The molecule has 0 aromatic rings. The van der Waals surface area contributed by atoms with Crippen LogP contribution in [-0.4, -0.2) is 68.1 Å². The number of nitrogens with zero attached hydrogens (tertiary/aromatic N) is 3. The van der Waals surface area contributed by atoms with Crippen molar-refractivity contribution in [1.82, 2.24) is 14.7 Å². The summed E-state index contributed by atoms with van der Waals surface area (Å²) in [6, 6.07) is 0. The number of hydrogen-bond donors (Lipinski definition) is 0. The van der Waals surface area contributed by atoms with E-state index in [2.05, 4.69) is 16.8 Å². The first-order valence-corrected chi connectivity index (χ1v) is 5.05. The summed E-state index contributed by atoms with van der Waals surface area (Å²) in [6.45, 7) is 6.89. The predicted octanol–water partition coefficient (Wildman–Crippen LogP) is 0.224. The fourth-order valence-corrected chi connectivity index (χ4v) is 1.62. The fraction of sp³-hybridized carbons (Fsp3) is 0.900. The first kappa shape index (κ1) is 11.0. The zero-order valence-corrected chi connectivity index (χ0v) is 8.87. The van der Waals surface area contributed by atoms with Gasteiger partial charge in [-0.25, -0.2) is 0 Å². The van der Waals surface area contributed by atoms with Gasteiger partial charge in [-0.3, -0.25) is 4.90 Å². The highest BCUT2D eigenvalue weighted by Gasteiger charge is 2.11. The molecule has 0 bridgehead atoms. The quantitative estimate of drug-likeness (QED) is 0.580. The summed E-state index contributed by atoms with van der Waals surface area (Å²) in [7, 11) is 9.69. The van der Waals surface area contributed by atoms with E-state index in [1.165, 1.54) is 32.6 Å². The average molecular weight is 183 g/mol. The van der Waals surface area contributed by atoms with E-state index < -0.39 is 0 Å². The maximum atomic E-state index is 5.57. The Labute approximate surface area is 82.3 Å². The Morgan fingerprint density at radius 3 is 2.69 bits per heavy atom. The summed E-state index contributed by atoms with van der Waals surface area (Å²) in [6.07, 6.45) is 1.28. The van der Waals surface area contributed by atoms with Crippen molar-refractivity contribution in [2.75, 3.05) is 53.4 Å². The van der Waals surface area contributed by atoms with Gasteiger partial charge in [-0.2, -0.15) is 0 Å². The van der Waals surface area contributed by atoms with Crippen LogP contribution in [0.25, 0.3) is 0 Å². The largest absolute Gasteiger partial charge is 0.305 e. The summed E-state index contributed by atoms with van der Waals surface area (Å²) < 4.78 is 0. The van der Waals surface area contributed by atoms with Crippen LogP contribution in [-0.2, 0) is 0 Å². The average Bonchev–Trinajstić information content (AvgIpc) is 2.27. The molecular formula is C10H21N3. The Balaban J connectivity index is 2.18. The van der Waals surface area contributed by atoms with Crippen molar-refractivity contribution in [3.63, 3.8) is 0 Å². The Bertz CT molecular complexity index is 136. The van der Waals surface area contributed by atoms with Gasteiger partial charge in [-0.15, -0.1) is 0 Å². The summed E-state index contributed by atoms with van der Waals surface area (Å²) in [5.41, 5.74) is 0. The third-order valence-corrected chi connectivity index (χ3v) is 2.58. The minimum Gasteiger partial charge on any atom is -0.305 e. The van der Waals surface area contributed by atoms with Crippen molar-refractivity contribution in [2.24, 2.45) is 0 Å². The minimum atomic E-state index is 0.962. The van der Waals surface area contributed by atoms with E-state index in [4.69, 9.17) is 7.05 Å². The molecule has 0 amide bonds. The van der Waals surface area contributed by atoms with Crippen LogP contribution in [0.5, 0.6) is 0 Å². The zero-order chi connectivity index (χ0) is 9.68. The molecule has 1 aliphatic rings. The van der Waals surface area contributed by atoms with Crippen LogP contribution in [0.4, 0.5) is 0 Å². The Kier molecular flexibility index (Phi) is 4.70. The van der Waals surface area contributed by atoms with E-state index in [-0.39, 0.29) is 0 Å². The second-order valence-corrected chi connectivity index (χ2v) is 3.98. The van der Waals surface area contributed by atoms with Crippen molar-refractivity contribution in [2.45, 2.75) is 6.42 Å². The Hall–Kier alpha value is -0.120. The fourth-order valence-electron chi connectivity index (χ4n) is 1.62. The molecule has 3 heteroatoms. The SMILES string of the molecule is [CH]N(C)CCN1CCCN(C)CC1. The van der Waals surface area contributed by atoms with Crippen LogP contribution < -0.4 is 0 Å². The van der Waals surface area contributed by atoms with E-state index in [1.807, 2.05) is 7.05 Å². The molecular weight excluding hydrogens is 162 g/mol. The van der Waals surface area contributed by atoms with Gasteiger partial charge in [0.15, 0.2) is 0 Å². The van der Waals surface area contributed by atoms with Gasteiger partial charge in [0.05, 0.1) is 0 Å². The predicted molar refractivity (Wildman–Crippen MR) is 55.5 cm³/mol. The van der Waals surface area contributed by atoms with Crippen molar-refractivity contribution < 1.29 is 0 Å². The molecule has 1 aliphatic heterocycles. The summed E-state index contributed by atoms with van der Waals surface area (Å²) in [5, 5.41) is 0. The van der Waals surface area contributed by atoms with Gasteiger partial charge in [-0.05, 0) is 33.6 Å². The summed E-state index contributed by atoms with van der Waals surface area (Å²) in [4.78, 5) is 6.65. The van der Waals surface area contributed by atoms with Gasteiger partial charge in [-0.1, -0.05) is 0 Å². The molecule has 13 heavy (non-hydrogen) atoms. The molecule has 1 heterocycles. The highest BCUT2D eigenvalue weighted by atomic mass is 15.2. The minimum absolute atomic E-state index is 0.962. The molecule has 0 spiro atoms. The van der Waals surface area contributed by atoms with Gasteiger partial charge < -0.3 is 9.80 Å². The van der Waals surface area contributed by atoms with Crippen LogP contribution in [0.3, 0.4) is 0 Å². The maximum Gasteiger partial charge on any atom is 0.0436 e. The van der Waals surface area contributed by atoms with Gasteiger partial charge in [0.25, 0.3) is 0 Å². The van der Waals surface area contributed by atoms with Gasteiger partial charge in [0.1, 0.15) is 0 Å². The lowest BCUT2D eigenvalue weighted by atomic mass is 10.4. The zero-order valence-electron chi connectivity index (χ0n) is 8.87. The molecule has 0 aliphatic carbocycles. The highest BCUT2D eigenvalue weighted by Crippen LogP contribution is 2.00. The van der Waals surface area contributed by atoms with E-state index in [1.54, 1.807) is 4.90 Å². The molecule has 76 valence electrons. The standard InChI is InChI=1S/C10H21N3/c1-11(2)7-9-13-6-4-5-12(3)8-10-13/h1H,4-10H2,2-3H3. The molecule has 0 saturated carbocycles. The van der Waals surface area contributed by atoms with E-state index >= 15 is 0 Å². The third kappa shape index (κ3) is 4.60. The molecule has 0 N–H and O–H groups in total. The first-order valence-electron chi connectivity index (χ1n) is 5.05. The molecule has 1 rings (SSSR count). The smallest absolute Gasteiger partial charge is 0.0436 e. The van der Waals surface area contributed by atoms with Crippen LogP contribution >= 0.6 is 0 Å². The summed E-state index contributed by atoms with van der Waals surface area (Å²) in [5.74, 6) is 0. The lowest BCUT2D eigenvalue weighted by Gasteiger charge is -2.21. The molecule has 2 radical (unpaired) electrons. The molecule has 0 atom stereocenters. The number of rotatable bonds is 3. The van der Waals surface area contributed by atoms with E-state index in [9.17, 15) is 0 Å². The molecule has 0 unspecified atom stereocenters. The first-order chi connectivity index (χ1) is 6.18. The second-order valence-electron chi connectivity index (χ2n) is 3.98. The third-order valence-electron chi connectivity index (χ3n) is 2.58. The normalized spacial score (nSPS) is 22.2. The maximum absolute atomic E-state index is 5.57. The van der Waals surface area contributed by atoms with Crippen molar-refractivity contribution in [1.29, 1.82) is 0 Å². The van der Waals surface area contributed by atoms with E-state index in [0.29, 0.717) is 0 Å². The lowest BCUT2D eigenvalue weighted by molar-refractivity contribution is 0.252. The second kappa shape index (κ2) is 5.58. The van der Waals surface area contributed by atoms with Gasteiger partial charge in [0, 0.05) is 33.2 Å². The van der Waals surface area contributed by atoms with Gasteiger partial charge >= 0.3 is 0 Å². The van der Waals surface area contributed by atoms with Crippen molar-refractivity contribution in [3.05, 3.63) is 7.05 Å². The number of likely N-dealkylation sites (N-methyl/N-ethyl adjacent to an activating group) is 2. The van der Waals surface area contributed by atoms with Crippen molar-refractivity contribution in [3.8, 4) is 0 Å². The molecule has 1 saturated heterocycles. The van der Waals surface area contributed by atoms with Crippen LogP contribution in [0.2, 0.25) is 0 Å². The van der Waals surface area contributed by atoms with E-state index in [0.717, 1.165) is 13.1 Å². The van der Waals surface area contributed by atoms with Crippen LogP contribution in [0.1, 0.15) is 6.42 Å². The summed E-state index contributed by atoms with van der Waals surface area (Å²) >= 11 is 0. The Morgan fingerprint density at radius 2 is 2.00 bits per heavy atom. The number of hydrogen-bond acceptors (Lipinski definition) is 3. The molecule has 1 fully saturated rings. The lowest BCUT2D eigenvalue weighted by Crippen LogP contribution is -2.34. The Morgan fingerprint density at radius 1 is 1.23 bits per heavy atom. The monoisotopic (exact) mass is 183 g/mol. The van der Waals surface area contributed by atoms with Crippen LogP contribution in [0.15, 0.2) is 0 Å². The topological polar surface area (TPSA) is 9.72 Å². The molecule has 0 aromatic carbocycles. The van der Waals surface area contributed by atoms with Gasteiger partial charge in [0.2, 0.25) is 0 Å². The highest BCUT2D eigenvalue weighted by molar-refractivity contribution is 4.68. The molecule has 0 aromatic heterocycles.